The zero-order valence-corrected chi connectivity index (χ0v) is 14.6. The third kappa shape index (κ3) is 3.85. The quantitative estimate of drug-likeness (QED) is 0.871. The number of amides is 2. The largest absolute Gasteiger partial charge is 0.454 e. The zero-order valence-electron chi connectivity index (χ0n) is 14.6. The molecule has 0 atom stereocenters. The summed E-state index contributed by atoms with van der Waals surface area (Å²) in [6.07, 6.45) is 0. The molecule has 0 spiro atoms. The molecule has 1 fully saturated rings. The zero-order chi connectivity index (χ0) is 18.6. The molecule has 0 bridgehead atoms. The Labute approximate surface area is 156 Å². The summed E-state index contributed by atoms with van der Waals surface area (Å²) in [4.78, 5) is 30.9. The first kappa shape index (κ1) is 17.3. The average molecular weight is 369 g/mol. The van der Waals surface area contributed by atoms with E-state index in [1.54, 1.807) is 23.1 Å². The molecule has 0 radical (unpaired) electrons. The van der Waals surface area contributed by atoms with Gasteiger partial charge in [0.15, 0.2) is 11.5 Å². The van der Waals surface area contributed by atoms with Crippen molar-refractivity contribution in [2.45, 2.75) is 6.54 Å². The lowest BCUT2D eigenvalue weighted by atomic mass is 10.2. The standard InChI is InChI=1S/C19H19N3O5/c23-18(20-11-13-4-5-16-17(10-13)27-12-26-16)14-2-1-3-15(21-14)19(24)22-6-8-25-9-7-22/h1-5,10H,6-9,11-12H2,(H,20,23). The van der Waals surface area contributed by atoms with Crippen LogP contribution in [0.15, 0.2) is 36.4 Å². The van der Waals surface area contributed by atoms with Crippen LogP contribution >= 0.6 is 0 Å². The number of aromatic nitrogens is 1. The molecule has 8 nitrogen and oxygen atoms in total. The number of rotatable bonds is 4. The molecular weight excluding hydrogens is 350 g/mol. The van der Waals surface area contributed by atoms with Crippen LogP contribution in [-0.4, -0.2) is 54.8 Å². The first-order chi connectivity index (χ1) is 13.2. The van der Waals surface area contributed by atoms with Crippen LogP contribution in [0.1, 0.15) is 26.5 Å². The Morgan fingerprint density at radius 2 is 1.81 bits per heavy atom. The normalized spacial score (nSPS) is 15.5. The SMILES string of the molecule is O=C(NCc1ccc2c(c1)OCO2)c1cccc(C(=O)N2CCOCC2)n1. The van der Waals surface area contributed by atoms with Gasteiger partial charge in [-0.05, 0) is 29.8 Å². The molecule has 4 rings (SSSR count). The van der Waals surface area contributed by atoms with E-state index in [1.165, 1.54) is 0 Å². The molecule has 27 heavy (non-hydrogen) atoms. The Balaban J connectivity index is 1.40. The topological polar surface area (TPSA) is 90.0 Å². The molecule has 2 amide bonds. The first-order valence-corrected chi connectivity index (χ1v) is 8.71. The summed E-state index contributed by atoms with van der Waals surface area (Å²) < 4.78 is 15.9. The van der Waals surface area contributed by atoms with Crippen molar-refractivity contribution in [1.29, 1.82) is 0 Å². The van der Waals surface area contributed by atoms with Gasteiger partial charge in [0.25, 0.3) is 11.8 Å². The van der Waals surface area contributed by atoms with Crippen molar-refractivity contribution in [1.82, 2.24) is 15.2 Å². The predicted octanol–water partition coefficient (Wildman–Crippen LogP) is 1.21. The Hall–Kier alpha value is -3.13. The fourth-order valence-electron chi connectivity index (χ4n) is 2.93. The highest BCUT2D eigenvalue weighted by Crippen LogP contribution is 2.32. The molecule has 2 aliphatic heterocycles. The van der Waals surface area contributed by atoms with E-state index in [0.717, 1.165) is 5.56 Å². The number of hydrogen-bond acceptors (Lipinski definition) is 6. The molecule has 1 saturated heterocycles. The second kappa shape index (κ2) is 7.63. The Kier molecular flexibility index (Phi) is 4.88. The Morgan fingerprint density at radius 1 is 1.04 bits per heavy atom. The number of benzene rings is 1. The smallest absolute Gasteiger partial charge is 0.272 e. The highest BCUT2D eigenvalue weighted by Gasteiger charge is 2.21. The minimum atomic E-state index is -0.343. The number of hydrogen-bond donors (Lipinski definition) is 1. The number of pyridine rings is 1. The molecule has 0 unspecified atom stereocenters. The van der Waals surface area contributed by atoms with Gasteiger partial charge in [0.2, 0.25) is 6.79 Å². The summed E-state index contributed by atoms with van der Waals surface area (Å²) >= 11 is 0. The molecule has 2 aliphatic rings. The van der Waals surface area contributed by atoms with E-state index >= 15 is 0 Å². The van der Waals surface area contributed by atoms with Crippen LogP contribution in [0.2, 0.25) is 0 Å². The van der Waals surface area contributed by atoms with Gasteiger partial charge in [0.05, 0.1) is 13.2 Å². The highest BCUT2D eigenvalue weighted by atomic mass is 16.7. The Bertz CT molecular complexity index is 864. The van der Waals surface area contributed by atoms with Crippen LogP contribution in [-0.2, 0) is 11.3 Å². The van der Waals surface area contributed by atoms with E-state index in [4.69, 9.17) is 14.2 Å². The van der Waals surface area contributed by atoms with Gasteiger partial charge in [-0.2, -0.15) is 0 Å². The van der Waals surface area contributed by atoms with Gasteiger partial charge in [0.1, 0.15) is 11.4 Å². The van der Waals surface area contributed by atoms with Gasteiger partial charge in [-0.3, -0.25) is 9.59 Å². The number of ether oxygens (including phenoxy) is 3. The van der Waals surface area contributed by atoms with Crippen LogP contribution in [0, 0.1) is 0 Å². The lowest BCUT2D eigenvalue weighted by Crippen LogP contribution is -2.41. The molecule has 1 aromatic heterocycles. The Morgan fingerprint density at radius 3 is 2.67 bits per heavy atom. The van der Waals surface area contributed by atoms with Crippen molar-refractivity contribution < 1.29 is 23.8 Å². The van der Waals surface area contributed by atoms with Crippen molar-refractivity contribution in [3.63, 3.8) is 0 Å². The van der Waals surface area contributed by atoms with Crippen LogP contribution in [0.25, 0.3) is 0 Å². The fourth-order valence-corrected chi connectivity index (χ4v) is 2.93. The predicted molar refractivity (Wildman–Crippen MR) is 94.7 cm³/mol. The summed E-state index contributed by atoms with van der Waals surface area (Å²) in [5.41, 5.74) is 1.34. The summed E-state index contributed by atoms with van der Waals surface area (Å²) in [6, 6.07) is 10.4. The van der Waals surface area contributed by atoms with E-state index in [1.807, 2.05) is 18.2 Å². The van der Waals surface area contributed by atoms with Gasteiger partial charge < -0.3 is 24.4 Å². The van der Waals surface area contributed by atoms with Gasteiger partial charge in [-0.25, -0.2) is 4.98 Å². The minimum Gasteiger partial charge on any atom is -0.454 e. The number of nitrogens with zero attached hydrogens (tertiary/aromatic N) is 2. The molecule has 0 saturated carbocycles. The van der Waals surface area contributed by atoms with E-state index in [9.17, 15) is 9.59 Å². The molecule has 8 heteroatoms. The maximum atomic E-state index is 12.5. The van der Waals surface area contributed by atoms with E-state index in [0.29, 0.717) is 44.3 Å². The number of morpholine rings is 1. The van der Waals surface area contributed by atoms with E-state index < -0.39 is 0 Å². The van der Waals surface area contributed by atoms with Gasteiger partial charge in [-0.1, -0.05) is 12.1 Å². The van der Waals surface area contributed by atoms with E-state index in [-0.39, 0.29) is 30.0 Å². The third-order valence-electron chi connectivity index (χ3n) is 4.39. The summed E-state index contributed by atoms with van der Waals surface area (Å²) in [7, 11) is 0. The fraction of sp³-hybridized carbons (Fsp3) is 0.316. The van der Waals surface area contributed by atoms with Crippen molar-refractivity contribution in [3.8, 4) is 11.5 Å². The molecule has 1 N–H and O–H groups in total. The molecule has 3 heterocycles. The molecule has 2 aromatic rings. The first-order valence-electron chi connectivity index (χ1n) is 8.71. The molecule has 0 aliphatic carbocycles. The lowest BCUT2D eigenvalue weighted by Gasteiger charge is -2.26. The van der Waals surface area contributed by atoms with Crippen molar-refractivity contribution in [3.05, 3.63) is 53.3 Å². The van der Waals surface area contributed by atoms with Gasteiger partial charge >= 0.3 is 0 Å². The summed E-state index contributed by atoms with van der Waals surface area (Å²) in [6.45, 7) is 2.61. The monoisotopic (exact) mass is 369 g/mol. The van der Waals surface area contributed by atoms with Crippen LogP contribution in [0.4, 0.5) is 0 Å². The minimum absolute atomic E-state index is 0.191. The highest BCUT2D eigenvalue weighted by molar-refractivity contribution is 5.96. The maximum absolute atomic E-state index is 12.5. The van der Waals surface area contributed by atoms with Crippen LogP contribution in [0.5, 0.6) is 11.5 Å². The lowest BCUT2D eigenvalue weighted by molar-refractivity contribution is 0.0299. The molecule has 140 valence electrons. The maximum Gasteiger partial charge on any atom is 0.272 e. The average Bonchev–Trinajstić information content (AvgIpc) is 3.20. The number of carbonyl (C=O) groups excluding carboxylic acids is 2. The van der Waals surface area contributed by atoms with Crippen molar-refractivity contribution >= 4 is 11.8 Å². The second-order valence-electron chi connectivity index (χ2n) is 6.18. The van der Waals surface area contributed by atoms with Gasteiger partial charge in [-0.15, -0.1) is 0 Å². The van der Waals surface area contributed by atoms with Crippen LogP contribution in [0.3, 0.4) is 0 Å². The van der Waals surface area contributed by atoms with E-state index in [2.05, 4.69) is 10.3 Å². The number of nitrogens with one attached hydrogen (secondary N) is 1. The van der Waals surface area contributed by atoms with Gasteiger partial charge in [0, 0.05) is 19.6 Å². The van der Waals surface area contributed by atoms with Crippen molar-refractivity contribution in [2.75, 3.05) is 33.1 Å². The summed E-state index contributed by atoms with van der Waals surface area (Å²) in [5, 5.41) is 2.81. The van der Waals surface area contributed by atoms with Crippen LogP contribution < -0.4 is 14.8 Å². The third-order valence-corrected chi connectivity index (χ3v) is 4.39. The molecule has 1 aromatic carbocycles. The molecular formula is C19H19N3O5. The summed E-state index contributed by atoms with van der Waals surface area (Å²) in [5.74, 6) is 0.826. The number of fused-ring (bicyclic) bond motifs is 1. The number of carbonyl (C=O) groups is 2. The van der Waals surface area contributed by atoms with Crippen molar-refractivity contribution in [2.24, 2.45) is 0 Å². The second-order valence-corrected chi connectivity index (χ2v) is 6.18.